The number of aliphatic hydroxyl groups is 1. The van der Waals surface area contributed by atoms with Gasteiger partial charge in [-0.15, -0.1) is 0 Å². The molecule has 0 aliphatic rings. The van der Waals surface area contributed by atoms with Gasteiger partial charge in [-0.25, -0.2) is 0 Å². The molecule has 5 nitrogen and oxygen atoms in total. The molecule has 1 amide bonds. The Labute approximate surface area is 111 Å². The molecule has 1 heterocycles. The number of pyridine rings is 1. The largest absolute Gasteiger partial charge is 0.387 e. The number of aromatic nitrogens is 1. The highest BCUT2D eigenvalue weighted by Gasteiger charge is 2.19. The molecular weight excluding hydrogens is 250 g/mol. The number of hydrogen-bond acceptors (Lipinski definition) is 5. The van der Waals surface area contributed by atoms with Gasteiger partial charge in [0, 0.05) is 31.2 Å². The summed E-state index contributed by atoms with van der Waals surface area (Å²) in [5.41, 5.74) is 0.340. The Morgan fingerprint density at radius 3 is 2.94 bits per heavy atom. The van der Waals surface area contributed by atoms with Gasteiger partial charge in [-0.05, 0) is 25.3 Å². The van der Waals surface area contributed by atoms with E-state index in [1.54, 1.807) is 44.1 Å². The summed E-state index contributed by atoms with van der Waals surface area (Å²) in [6.45, 7) is 2.20. The molecule has 1 atom stereocenters. The number of thioether (sulfide) groups is 1. The molecule has 1 aromatic rings. The zero-order valence-corrected chi connectivity index (χ0v) is 11.7. The molecule has 100 valence electrons. The minimum Gasteiger partial charge on any atom is -0.387 e. The van der Waals surface area contributed by atoms with Crippen LogP contribution in [0.4, 0.5) is 5.69 Å². The Bertz CT molecular complexity index is 410. The van der Waals surface area contributed by atoms with Crippen LogP contribution in [0.1, 0.15) is 17.4 Å². The summed E-state index contributed by atoms with van der Waals surface area (Å²) in [4.78, 5) is 15.4. The third kappa shape index (κ3) is 4.54. The van der Waals surface area contributed by atoms with Gasteiger partial charge in [0.15, 0.2) is 0 Å². The summed E-state index contributed by atoms with van der Waals surface area (Å²) in [5.74, 6) is 0.419. The number of rotatable bonds is 6. The molecule has 1 aromatic heterocycles. The van der Waals surface area contributed by atoms with Crippen LogP contribution >= 0.6 is 11.8 Å². The van der Waals surface area contributed by atoms with Crippen molar-refractivity contribution in [2.75, 3.05) is 30.9 Å². The van der Waals surface area contributed by atoms with Crippen molar-refractivity contribution in [3.05, 3.63) is 24.0 Å². The van der Waals surface area contributed by atoms with E-state index in [-0.39, 0.29) is 5.91 Å². The van der Waals surface area contributed by atoms with Crippen LogP contribution in [0.5, 0.6) is 0 Å². The Morgan fingerprint density at radius 1 is 1.61 bits per heavy atom. The van der Waals surface area contributed by atoms with Gasteiger partial charge in [0.05, 0.1) is 5.60 Å². The summed E-state index contributed by atoms with van der Waals surface area (Å²) >= 11 is 1.59. The normalized spacial score (nSPS) is 13.8. The van der Waals surface area contributed by atoms with Gasteiger partial charge in [0.2, 0.25) is 0 Å². The van der Waals surface area contributed by atoms with Crippen LogP contribution in [-0.2, 0) is 0 Å². The third-order valence-electron chi connectivity index (χ3n) is 2.35. The fraction of sp³-hybridized carbons (Fsp3) is 0.500. The standard InChI is InChI=1S/C12H19N3O2S/c1-12(17,8-18-3)7-15-9-4-5-14-10(6-9)11(16)13-2/h4-6,17H,7-8H2,1-3H3,(H,13,16)(H,14,15). The Kier molecular flexibility index (Phi) is 5.43. The first-order valence-electron chi connectivity index (χ1n) is 5.62. The van der Waals surface area contributed by atoms with E-state index in [0.717, 1.165) is 5.69 Å². The van der Waals surface area contributed by atoms with Crippen molar-refractivity contribution in [3.8, 4) is 0 Å². The Balaban J connectivity index is 2.65. The van der Waals surface area contributed by atoms with Crippen LogP contribution in [-0.4, -0.2) is 47.2 Å². The number of nitrogens with one attached hydrogen (secondary N) is 2. The fourth-order valence-electron chi connectivity index (χ4n) is 1.45. The molecular formula is C12H19N3O2S. The Morgan fingerprint density at radius 2 is 2.33 bits per heavy atom. The molecule has 1 unspecified atom stereocenters. The van der Waals surface area contributed by atoms with E-state index in [4.69, 9.17) is 0 Å². The van der Waals surface area contributed by atoms with Crippen molar-refractivity contribution in [2.45, 2.75) is 12.5 Å². The summed E-state index contributed by atoms with van der Waals surface area (Å²) in [6.07, 6.45) is 3.51. The zero-order chi connectivity index (χ0) is 13.6. The number of anilines is 1. The maximum absolute atomic E-state index is 11.4. The third-order valence-corrected chi connectivity index (χ3v) is 3.26. The van der Waals surface area contributed by atoms with Gasteiger partial charge in [0.25, 0.3) is 5.91 Å². The quantitative estimate of drug-likeness (QED) is 0.717. The molecule has 0 fully saturated rings. The van der Waals surface area contributed by atoms with Gasteiger partial charge in [0.1, 0.15) is 5.69 Å². The van der Waals surface area contributed by atoms with E-state index in [9.17, 15) is 9.90 Å². The number of carbonyl (C=O) groups is 1. The van der Waals surface area contributed by atoms with Crippen molar-refractivity contribution in [1.29, 1.82) is 0 Å². The highest BCUT2D eigenvalue weighted by atomic mass is 32.2. The summed E-state index contributed by atoms with van der Waals surface area (Å²) < 4.78 is 0. The maximum Gasteiger partial charge on any atom is 0.269 e. The lowest BCUT2D eigenvalue weighted by atomic mass is 10.1. The van der Waals surface area contributed by atoms with Crippen LogP contribution < -0.4 is 10.6 Å². The minimum absolute atomic E-state index is 0.227. The van der Waals surface area contributed by atoms with Crippen molar-refractivity contribution in [2.24, 2.45) is 0 Å². The molecule has 6 heteroatoms. The Hall–Kier alpha value is -1.27. The van der Waals surface area contributed by atoms with Crippen LogP contribution in [0.3, 0.4) is 0 Å². The molecule has 18 heavy (non-hydrogen) atoms. The average Bonchev–Trinajstić information content (AvgIpc) is 2.36. The van der Waals surface area contributed by atoms with Crippen LogP contribution in [0.2, 0.25) is 0 Å². The first-order valence-corrected chi connectivity index (χ1v) is 7.01. The molecule has 0 saturated carbocycles. The molecule has 1 rings (SSSR count). The lowest BCUT2D eigenvalue weighted by molar-refractivity contribution is 0.0958. The molecule has 3 N–H and O–H groups in total. The van der Waals surface area contributed by atoms with E-state index in [2.05, 4.69) is 15.6 Å². The van der Waals surface area contributed by atoms with E-state index in [0.29, 0.717) is 18.0 Å². The fourth-order valence-corrected chi connectivity index (χ4v) is 2.17. The summed E-state index contributed by atoms with van der Waals surface area (Å²) in [7, 11) is 1.56. The summed E-state index contributed by atoms with van der Waals surface area (Å²) in [5, 5.41) is 15.6. The first kappa shape index (κ1) is 14.8. The zero-order valence-electron chi connectivity index (χ0n) is 10.9. The van der Waals surface area contributed by atoms with E-state index >= 15 is 0 Å². The number of nitrogens with zero attached hydrogens (tertiary/aromatic N) is 1. The van der Waals surface area contributed by atoms with Crippen LogP contribution in [0.15, 0.2) is 18.3 Å². The predicted molar refractivity (Wildman–Crippen MR) is 75.1 cm³/mol. The van der Waals surface area contributed by atoms with Crippen molar-refractivity contribution in [1.82, 2.24) is 10.3 Å². The highest BCUT2D eigenvalue weighted by Crippen LogP contribution is 2.13. The number of hydrogen-bond donors (Lipinski definition) is 3. The lowest BCUT2D eigenvalue weighted by Crippen LogP contribution is -2.36. The molecule has 0 aliphatic heterocycles. The topological polar surface area (TPSA) is 74.2 Å². The second kappa shape index (κ2) is 6.61. The first-order chi connectivity index (χ1) is 8.48. The second-order valence-electron chi connectivity index (χ2n) is 4.29. The van der Waals surface area contributed by atoms with Crippen LogP contribution in [0.25, 0.3) is 0 Å². The molecule has 0 saturated heterocycles. The maximum atomic E-state index is 11.4. The molecule has 0 spiro atoms. The van der Waals surface area contributed by atoms with Crippen molar-refractivity contribution < 1.29 is 9.90 Å². The number of carbonyl (C=O) groups excluding carboxylic acids is 1. The van der Waals surface area contributed by atoms with E-state index in [1.165, 1.54) is 0 Å². The molecule has 0 aromatic carbocycles. The minimum atomic E-state index is -0.782. The van der Waals surface area contributed by atoms with E-state index < -0.39 is 5.60 Å². The predicted octanol–water partition coefficient (Wildman–Crippen LogP) is 0.967. The van der Waals surface area contributed by atoms with Gasteiger partial charge < -0.3 is 15.7 Å². The average molecular weight is 269 g/mol. The smallest absolute Gasteiger partial charge is 0.269 e. The van der Waals surface area contributed by atoms with Gasteiger partial charge in [-0.3, -0.25) is 9.78 Å². The summed E-state index contributed by atoms with van der Waals surface area (Å²) in [6, 6.07) is 3.43. The van der Waals surface area contributed by atoms with Gasteiger partial charge >= 0.3 is 0 Å². The van der Waals surface area contributed by atoms with Crippen LogP contribution in [0, 0.1) is 0 Å². The van der Waals surface area contributed by atoms with Gasteiger partial charge in [-0.1, -0.05) is 0 Å². The monoisotopic (exact) mass is 269 g/mol. The van der Waals surface area contributed by atoms with Gasteiger partial charge in [-0.2, -0.15) is 11.8 Å². The van der Waals surface area contributed by atoms with Crippen molar-refractivity contribution in [3.63, 3.8) is 0 Å². The molecule has 0 aliphatic carbocycles. The number of amides is 1. The molecule has 0 radical (unpaired) electrons. The van der Waals surface area contributed by atoms with Crippen molar-refractivity contribution >= 4 is 23.4 Å². The SMILES string of the molecule is CNC(=O)c1cc(NCC(C)(O)CSC)ccn1. The molecule has 0 bridgehead atoms. The van der Waals surface area contributed by atoms with E-state index in [1.807, 2.05) is 6.26 Å². The highest BCUT2D eigenvalue weighted by molar-refractivity contribution is 7.98. The lowest BCUT2D eigenvalue weighted by Gasteiger charge is -2.23. The second-order valence-corrected chi connectivity index (χ2v) is 5.16.